The molecule has 0 aliphatic carbocycles. The maximum absolute atomic E-state index is 6.11. The van der Waals surface area contributed by atoms with Gasteiger partial charge >= 0.3 is 0 Å². The van der Waals surface area contributed by atoms with Gasteiger partial charge < -0.3 is 8.83 Å². The van der Waals surface area contributed by atoms with Crippen molar-refractivity contribution in [1.29, 1.82) is 0 Å². The van der Waals surface area contributed by atoms with Crippen molar-refractivity contribution < 1.29 is 8.83 Å². The Balaban J connectivity index is 1.86. The minimum Gasteiger partial charge on any atom is -0.456 e. The van der Waals surface area contributed by atoms with Crippen LogP contribution in [0, 0.1) is 0 Å². The number of hydrogen-bond donors (Lipinski definition) is 0. The maximum Gasteiger partial charge on any atom is 0.136 e. The van der Waals surface area contributed by atoms with Gasteiger partial charge in [0, 0.05) is 21.5 Å². The lowest BCUT2D eigenvalue weighted by Gasteiger charge is -2.01. The molecule has 122 valence electrons. The Morgan fingerprint density at radius 2 is 1.19 bits per heavy atom. The monoisotopic (exact) mass is 334 g/mol. The summed E-state index contributed by atoms with van der Waals surface area (Å²) in [6.07, 6.45) is 1.84. The van der Waals surface area contributed by atoms with Crippen LogP contribution in [0.2, 0.25) is 0 Å². The Hall–Kier alpha value is -3.52. The summed E-state index contributed by atoms with van der Waals surface area (Å²) in [4.78, 5) is 0. The first-order valence-electron chi connectivity index (χ1n) is 8.65. The number of hydrogen-bond acceptors (Lipinski definition) is 2. The van der Waals surface area contributed by atoms with Crippen molar-refractivity contribution in [2.75, 3.05) is 0 Å². The smallest absolute Gasteiger partial charge is 0.136 e. The molecule has 0 saturated carbocycles. The Kier molecular flexibility index (Phi) is 2.52. The van der Waals surface area contributed by atoms with Crippen LogP contribution in [0.5, 0.6) is 0 Å². The molecule has 0 aliphatic rings. The second kappa shape index (κ2) is 4.77. The number of para-hydroxylation sites is 1. The van der Waals surface area contributed by atoms with Crippen LogP contribution in [0.15, 0.2) is 82.1 Å². The van der Waals surface area contributed by atoms with E-state index in [-0.39, 0.29) is 0 Å². The van der Waals surface area contributed by atoms with Crippen molar-refractivity contribution in [2.24, 2.45) is 0 Å². The molecule has 0 atom stereocenters. The third-order valence-electron chi connectivity index (χ3n) is 5.23. The Morgan fingerprint density at radius 3 is 1.92 bits per heavy atom. The highest BCUT2D eigenvalue weighted by molar-refractivity contribution is 6.27. The lowest BCUT2D eigenvalue weighted by Crippen LogP contribution is -1.77. The van der Waals surface area contributed by atoms with Gasteiger partial charge in [-0.05, 0) is 58.8 Å². The van der Waals surface area contributed by atoms with E-state index in [9.17, 15) is 0 Å². The van der Waals surface area contributed by atoms with E-state index in [1.165, 1.54) is 10.8 Å². The van der Waals surface area contributed by atoms with Gasteiger partial charge in [0.2, 0.25) is 0 Å². The highest BCUT2D eigenvalue weighted by Gasteiger charge is 2.15. The predicted molar refractivity (Wildman–Crippen MR) is 109 cm³/mol. The minimum atomic E-state index is 0.891. The summed E-state index contributed by atoms with van der Waals surface area (Å²) in [5.41, 5.74) is 4.69. The van der Waals surface area contributed by atoms with Crippen LogP contribution in [-0.4, -0.2) is 0 Å². The number of benzene rings is 4. The molecule has 0 amide bonds. The fourth-order valence-corrected chi connectivity index (χ4v) is 4.05. The molecule has 2 heterocycles. The molecular formula is C24H14O2. The van der Waals surface area contributed by atoms with Gasteiger partial charge in [0.05, 0.1) is 0 Å². The van der Waals surface area contributed by atoms with Crippen LogP contribution in [0.1, 0.15) is 5.56 Å². The SMILES string of the molecule is C=Cc1ccc2c(c1)oc1ccc3c(ccc4oc5ccccc5c43)c12. The van der Waals surface area contributed by atoms with Gasteiger partial charge in [-0.3, -0.25) is 0 Å². The summed E-state index contributed by atoms with van der Waals surface area (Å²) in [5, 5.41) is 6.97. The van der Waals surface area contributed by atoms with E-state index in [1.807, 2.05) is 24.3 Å². The molecule has 0 aliphatic heterocycles. The van der Waals surface area contributed by atoms with Crippen LogP contribution in [0.3, 0.4) is 0 Å². The van der Waals surface area contributed by atoms with Gasteiger partial charge in [-0.1, -0.05) is 36.9 Å². The highest BCUT2D eigenvalue weighted by Crippen LogP contribution is 2.40. The number of rotatable bonds is 1. The first-order chi connectivity index (χ1) is 12.8. The molecule has 6 rings (SSSR count). The molecule has 2 aromatic heterocycles. The second-order valence-electron chi connectivity index (χ2n) is 6.63. The predicted octanol–water partition coefficient (Wildman–Crippen LogP) is 7.28. The number of furan rings is 2. The molecule has 0 unspecified atom stereocenters. The van der Waals surface area contributed by atoms with Gasteiger partial charge in [-0.2, -0.15) is 0 Å². The van der Waals surface area contributed by atoms with Crippen LogP contribution in [0.25, 0.3) is 60.7 Å². The summed E-state index contributed by atoms with van der Waals surface area (Å²) in [6, 6.07) is 22.8. The van der Waals surface area contributed by atoms with Crippen LogP contribution < -0.4 is 0 Å². The zero-order valence-electron chi connectivity index (χ0n) is 14.0. The normalized spacial score (nSPS) is 12.0. The molecule has 6 aromatic rings. The van der Waals surface area contributed by atoms with Crippen molar-refractivity contribution in [1.82, 2.24) is 0 Å². The van der Waals surface area contributed by atoms with Crippen molar-refractivity contribution >= 4 is 60.7 Å². The average Bonchev–Trinajstić information content (AvgIpc) is 3.25. The molecule has 0 spiro atoms. The average molecular weight is 334 g/mol. The third kappa shape index (κ3) is 1.66. The number of fused-ring (bicyclic) bond motifs is 9. The lowest BCUT2D eigenvalue weighted by atomic mass is 9.99. The van der Waals surface area contributed by atoms with E-state index in [4.69, 9.17) is 8.83 Å². The topological polar surface area (TPSA) is 26.3 Å². The van der Waals surface area contributed by atoms with Crippen molar-refractivity contribution in [3.63, 3.8) is 0 Å². The van der Waals surface area contributed by atoms with Crippen LogP contribution >= 0.6 is 0 Å². The first kappa shape index (κ1) is 13.7. The standard InChI is InChI=1S/C24H14O2/c1-2-14-7-8-18-22(13-14)26-21-12-10-15-16(24(18)21)9-11-20-23(15)17-5-3-4-6-19(17)25-20/h2-13H,1H2. The Bertz CT molecular complexity index is 1490. The minimum absolute atomic E-state index is 0.891. The molecular weight excluding hydrogens is 320 g/mol. The molecule has 2 heteroatoms. The van der Waals surface area contributed by atoms with Crippen molar-refractivity contribution in [3.05, 3.63) is 78.9 Å². The fourth-order valence-electron chi connectivity index (χ4n) is 4.05. The molecule has 0 N–H and O–H groups in total. The van der Waals surface area contributed by atoms with Gasteiger partial charge in [0.1, 0.15) is 22.3 Å². The van der Waals surface area contributed by atoms with Gasteiger partial charge in [-0.25, -0.2) is 0 Å². The van der Waals surface area contributed by atoms with Gasteiger partial charge in [-0.15, -0.1) is 0 Å². The largest absolute Gasteiger partial charge is 0.456 e. The first-order valence-corrected chi connectivity index (χ1v) is 8.65. The molecule has 0 radical (unpaired) electrons. The Morgan fingerprint density at radius 1 is 0.577 bits per heavy atom. The van der Waals surface area contributed by atoms with Gasteiger partial charge in [0.25, 0.3) is 0 Å². The van der Waals surface area contributed by atoms with E-state index < -0.39 is 0 Å². The van der Waals surface area contributed by atoms with E-state index >= 15 is 0 Å². The molecule has 0 bridgehead atoms. The summed E-state index contributed by atoms with van der Waals surface area (Å²) >= 11 is 0. The third-order valence-corrected chi connectivity index (χ3v) is 5.23. The molecule has 26 heavy (non-hydrogen) atoms. The summed E-state index contributed by atoms with van der Waals surface area (Å²) < 4.78 is 12.2. The fraction of sp³-hybridized carbons (Fsp3) is 0. The quantitative estimate of drug-likeness (QED) is 0.316. The zero-order chi connectivity index (χ0) is 17.3. The Labute approximate surface area is 148 Å². The van der Waals surface area contributed by atoms with E-state index in [2.05, 4.69) is 55.1 Å². The van der Waals surface area contributed by atoms with E-state index in [0.717, 1.165) is 49.4 Å². The zero-order valence-corrected chi connectivity index (χ0v) is 14.0. The summed E-state index contributed by atoms with van der Waals surface area (Å²) in [6.45, 7) is 3.85. The van der Waals surface area contributed by atoms with Crippen LogP contribution in [0.4, 0.5) is 0 Å². The van der Waals surface area contributed by atoms with Crippen LogP contribution in [-0.2, 0) is 0 Å². The molecule has 2 nitrogen and oxygen atoms in total. The van der Waals surface area contributed by atoms with E-state index in [1.54, 1.807) is 0 Å². The maximum atomic E-state index is 6.11. The molecule has 4 aromatic carbocycles. The summed E-state index contributed by atoms with van der Waals surface area (Å²) in [7, 11) is 0. The lowest BCUT2D eigenvalue weighted by molar-refractivity contribution is 0.668. The van der Waals surface area contributed by atoms with E-state index in [0.29, 0.717) is 0 Å². The highest BCUT2D eigenvalue weighted by atomic mass is 16.3. The van der Waals surface area contributed by atoms with Crippen molar-refractivity contribution in [2.45, 2.75) is 0 Å². The summed E-state index contributed by atoms with van der Waals surface area (Å²) in [5.74, 6) is 0. The molecule has 0 saturated heterocycles. The second-order valence-corrected chi connectivity index (χ2v) is 6.63. The molecule has 0 fully saturated rings. The van der Waals surface area contributed by atoms with Crippen molar-refractivity contribution in [3.8, 4) is 0 Å². The van der Waals surface area contributed by atoms with Gasteiger partial charge in [0.15, 0.2) is 0 Å².